The molecule has 0 aromatic heterocycles. The van der Waals surface area contributed by atoms with Gasteiger partial charge in [0.05, 0.1) is 23.6 Å². The van der Waals surface area contributed by atoms with Gasteiger partial charge in [0.2, 0.25) is 10.0 Å². The molecule has 0 atom stereocenters. The van der Waals surface area contributed by atoms with Crippen molar-refractivity contribution in [2.45, 2.75) is 13.3 Å². The van der Waals surface area contributed by atoms with Gasteiger partial charge in [0, 0.05) is 13.2 Å². The maximum Gasteiger partial charge on any atom is 0.335 e. The molecule has 1 aromatic rings. The zero-order chi connectivity index (χ0) is 14.8. The molecule has 6 nitrogen and oxygen atoms in total. The van der Waals surface area contributed by atoms with Crippen molar-refractivity contribution in [3.63, 3.8) is 0 Å². The highest BCUT2D eigenvalue weighted by atomic mass is 32.2. The Hall–Kier alpha value is -1.60. The van der Waals surface area contributed by atoms with Crippen LogP contribution in [-0.2, 0) is 21.2 Å². The zero-order valence-electron chi connectivity index (χ0n) is 11.2. The Morgan fingerprint density at radius 2 is 2.20 bits per heavy atom. The van der Waals surface area contributed by atoms with Gasteiger partial charge in [-0.05, 0) is 37.1 Å². The molecule has 20 heavy (non-hydrogen) atoms. The summed E-state index contributed by atoms with van der Waals surface area (Å²) in [5, 5.41) is 8.94. The lowest BCUT2D eigenvalue weighted by molar-refractivity contribution is 0.0697. The van der Waals surface area contributed by atoms with Crippen molar-refractivity contribution in [3.8, 4) is 0 Å². The van der Waals surface area contributed by atoms with Crippen molar-refractivity contribution in [1.82, 2.24) is 0 Å². The Bertz CT molecular complexity index is 611. The molecule has 7 heteroatoms. The van der Waals surface area contributed by atoms with E-state index in [4.69, 9.17) is 9.84 Å². The molecule has 2 rings (SSSR count). The molecule has 1 aliphatic rings. The molecule has 0 bridgehead atoms. The molecule has 0 radical (unpaired) electrons. The number of ether oxygens (including phenoxy) is 1. The highest BCUT2D eigenvalue weighted by molar-refractivity contribution is 7.92. The van der Waals surface area contributed by atoms with Gasteiger partial charge in [0.15, 0.2) is 0 Å². The first kappa shape index (κ1) is 14.8. The predicted octanol–water partition coefficient (Wildman–Crippen LogP) is 1.11. The van der Waals surface area contributed by atoms with Gasteiger partial charge in [0.1, 0.15) is 0 Å². The first-order chi connectivity index (χ1) is 9.45. The zero-order valence-corrected chi connectivity index (χ0v) is 12.0. The van der Waals surface area contributed by atoms with Crippen LogP contribution in [0.15, 0.2) is 18.2 Å². The van der Waals surface area contributed by atoms with E-state index in [1.165, 1.54) is 16.4 Å². The van der Waals surface area contributed by atoms with E-state index >= 15 is 0 Å². The molecule has 1 aromatic carbocycles. The lowest BCUT2D eigenvalue weighted by atomic mass is 10.1. The van der Waals surface area contributed by atoms with Crippen molar-refractivity contribution in [2.75, 3.05) is 29.8 Å². The molecule has 1 aliphatic heterocycles. The van der Waals surface area contributed by atoms with Gasteiger partial charge in [-0.15, -0.1) is 0 Å². The number of carboxylic acids is 1. The summed E-state index contributed by atoms with van der Waals surface area (Å²) in [6.45, 7) is 2.81. The average Bonchev–Trinajstić information content (AvgIpc) is 2.82. The first-order valence-electron chi connectivity index (χ1n) is 6.40. The van der Waals surface area contributed by atoms with Crippen LogP contribution >= 0.6 is 0 Å². The number of rotatable bonds is 6. The summed E-state index contributed by atoms with van der Waals surface area (Å²) >= 11 is 0. The number of aromatic carboxylic acids is 1. The number of fused-ring (bicyclic) bond motifs is 1. The van der Waals surface area contributed by atoms with E-state index in [9.17, 15) is 13.2 Å². The summed E-state index contributed by atoms with van der Waals surface area (Å²) in [5.41, 5.74) is 1.51. The van der Waals surface area contributed by atoms with Gasteiger partial charge in [-0.25, -0.2) is 13.2 Å². The van der Waals surface area contributed by atoms with Gasteiger partial charge in [-0.2, -0.15) is 0 Å². The molecule has 0 unspecified atom stereocenters. The van der Waals surface area contributed by atoms with Crippen molar-refractivity contribution >= 4 is 21.7 Å². The summed E-state index contributed by atoms with van der Waals surface area (Å²) in [6, 6.07) is 4.53. The molecule has 0 fully saturated rings. The van der Waals surface area contributed by atoms with Crippen molar-refractivity contribution < 1.29 is 23.1 Å². The summed E-state index contributed by atoms with van der Waals surface area (Å²) in [4.78, 5) is 10.9. The van der Waals surface area contributed by atoms with Crippen LogP contribution in [0.2, 0.25) is 0 Å². The third kappa shape index (κ3) is 2.94. The van der Waals surface area contributed by atoms with Gasteiger partial charge >= 0.3 is 5.97 Å². The minimum atomic E-state index is -3.42. The van der Waals surface area contributed by atoms with Gasteiger partial charge in [0.25, 0.3) is 0 Å². The van der Waals surface area contributed by atoms with Crippen LogP contribution in [0, 0.1) is 0 Å². The predicted molar refractivity (Wildman–Crippen MR) is 74.7 cm³/mol. The molecule has 0 saturated heterocycles. The Morgan fingerprint density at radius 3 is 2.85 bits per heavy atom. The van der Waals surface area contributed by atoms with Gasteiger partial charge in [-0.1, -0.05) is 0 Å². The molecular formula is C13H17NO5S. The summed E-state index contributed by atoms with van der Waals surface area (Å²) in [5.74, 6) is -1.08. The van der Waals surface area contributed by atoms with Crippen LogP contribution in [-0.4, -0.2) is 45.0 Å². The SMILES string of the molecule is CCOCCS(=O)(=O)N1CCc2cc(C(=O)O)ccc21. The Morgan fingerprint density at radius 1 is 1.45 bits per heavy atom. The normalized spacial score (nSPS) is 14.3. The molecule has 0 amide bonds. The first-order valence-corrected chi connectivity index (χ1v) is 8.01. The summed E-state index contributed by atoms with van der Waals surface area (Å²) in [6.07, 6.45) is 0.532. The average molecular weight is 299 g/mol. The van der Waals surface area contributed by atoms with Crippen molar-refractivity contribution in [1.29, 1.82) is 0 Å². The second-order valence-corrected chi connectivity index (χ2v) is 6.50. The van der Waals surface area contributed by atoms with Crippen molar-refractivity contribution in [3.05, 3.63) is 29.3 Å². The van der Waals surface area contributed by atoms with Crippen LogP contribution in [0.5, 0.6) is 0 Å². The second-order valence-electron chi connectivity index (χ2n) is 4.48. The van der Waals surface area contributed by atoms with E-state index in [1.807, 2.05) is 6.92 Å². The maximum absolute atomic E-state index is 12.2. The monoisotopic (exact) mass is 299 g/mol. The fourth-order valence-corrected chi connectivity index (χ4v) is 3.61. The van der Waals surface area contributed by atoms with Gasteiger partial charge in [-0.3, -0.25) is 4.31 Å². The lowest BCUT2D eigenvalue weighted by Crippen LogP contribution is -2.32. The lowest BCUT2D eigenvalue weighted by Gasteiger charge is -2.19. The minimum Gasteiger partial charge on any atom is -0.478 e. The number of anilines is 1. The quantitative estimate of drug-likeness (QED) is 0.796. The largest absolute Gasteiger partial charge is 0.478 e. The van der Waals surface area contributed by atoms with Crippen molar-refractivity contribution in [2.24, 2.45) is 0 Å². The highest BCUT2D eigenvalue weighted by Crippen LogP contribution is 2.31. The van der Waals surface area contributed by atoms with E-state index < -0.39 is 16.0 Å². The third-order valence-electron chi connectivity index (χ3n) is 3.20. The Kier molecular flexibility index (Phi) is 4.29. The van der Waals surface area contributed by atoms with Crippen LogP contribution < -0.4 is 4.31 Å². The van der Waals surface area contributed by atoms with Gasteiger partial charge < -0.3 is 9.84 Å². The molecule has 0 saturated carbocycles. The number of hydrogen-bond donors (Lipinski definition) is 1. The molecule has 0 spiro atoms. The fraction of sp³-hybridized carbons (Fsp3) is 0.462. The summed E-state index contributed by atoms with van der Waals surface area (Å²) in [7, 11) is -3.42. The van der Waals surface area contributed by atoms with E-state index in [0.29, 0.717) is 25.3 Å². The highest BCUT2D eigenvalue weighted by Gasteiger charge is 2.29. The van der Waals surface area contributed by atoms with E-state index in [1.54, 1.807) is 6.07 Å². The number of carbonyl (C=O) groups is 1. The maximum atomic E-state index is 12.2. The Balaban J connectivity index is 2.21. The van der Waals surface area contributed by atoms with Crippen LogP contribution in [0.3, 0.4) is 0 Å². The standard InChI is InChI=1S/C13H17NO5S/c1-2-19-7-8-20(17,18)14-6-5-10-9-11(13(15)16)3-4-12(10)14/h3-4,9H,2,5-8H2,1H3,(H,15,16). The third-order valence-corrected chi connectivity index (χ3v) is 4.94. The number of benzene rings is 1. The van der Waals surface area contributed by atoms with Crippen LogP contribution in [0.25, 0.3) is 0 Å². The topological polar surface area (TPSA) is 83.9 Å². The Labute approximate surface area is 118 Å². The molecule has 1 N–H and O–H groups in total. The van der Waals surface area contributed by atoms with E-state index in [0.717, 1.165) is 5.56 Å². The number of carboxylic acid groups (broad SMARTS) is 1. The van der Waals surface area contributed by atoms with Crippen LogP contribution in [0.1, 0.15) is 22.8 Å². The number of nitrogens with zero attached hydrogens (tertiary/aromatic N) is 1. The fourth-order valence-electron chi connectivity index (χ4n) is 2.21. The second kappa shape index (κ2) is 5.80. The van der Waals surface area contributed by atoms with Crippen LogP contribution in [0.4, 0.5) is 5.69 Å². The molecular weight excluding hydrogens is 282 g/mol. The number of hydrogen-bond acceptors (Lipinski definition) is 4. The molecule has 1 heterocycles. The summed E-state index contributed by atoms with van der Waals surface area (Å²) < 4.78 is 30.9. The van der Waals surface area contributed by atoms with E-state index in [-0.39, 0.29) is 17.9 Å². The smallest absolute Gasteiger partial charge is 0.335 e. The number of sulfonamides is 1. The van der Waals surface area contributed by atoms with E-state index in [2.05, 4.69) is 0 Å². The minimum absolute atomic E-state index is 0.0685. The molecule has 0 aliphatic carbocycles. The molecule has 110 valence electrons.